The van der Waals surface area contributed by atoms with Crippen molar-refractivity contribution in [3.05, 3.63) is 71.8 Å². The molecular weight excluding hydrogens is 566 g/mol. The van der Waals surface area contributed by atoms with E-state index in [0.717, 1.165) is 24.3 Å². The maximum absolute atomic E-state index is 11.9. The normalized spacial score (nSPS) is 13.3. The molecule has 4 atom stereocenters. The van der Waals surface area contributed by atoms with E-state index in [4.69, 9.17) is 4.74 Å². The minimum Gasteiger partial charge on any atom is -0.492 e. The molecular formula is C37H59N3O5. The Labute approximate surface area is 272 Å². The predicted molar refractivity (Wildman–Crippen MR) is 186 cm³/mol. The smallest absolute Gasteiger partial charge is 0.239 e. The highest BCUT2D eigenvalue weighted by molar-refractivity contribution is 5.86. The lowest BCUT2D eigenvalue weighted by atomic mass is 9.96. The van der Waals surface area contributed by atoms with E-state index in [9.17, 15) is 19.5 Å². The Kier molecular flexibility index (Phi) is 22.9. The Balaban J connectivity index is 0.00000134. The van der Waals surface area contributed by atoms with Gasteiger partial charge in [0.1, 0.15) is 18.1 Å². The lowest BCUT2D eigenvalue weighted by Gasteiger charge is -2.21. The third-order valence-corrected chi connectivity index (χ3v) is 6.82. The number of hydrogen-bond donors (Lipinski definition) is 4. The number of aliphatic hydroxyl groups is 1. The number of ketones is 1. The van der Waals surface area contributed by atoms with E-state index >= 15 is 0 Å². The molecule has 2 aromatic rings. The largest absolute Gasteiger partial charge is 0.492 e. The average Bonchev–Trinajstić information content (AvgIpc) is 3.01. The Hall–Kier alpha value is -3.49. The molecule has 2 aromatic carbocycles. The molecule has 4 unspecified atom stereocenters. The number of aryl methyl sites for hydroxylation is 1. The zero-order chi connectivity index (χ0) is 34.2. The number of benzene rings is 2. The first-order valence-electron chi connectivity index (χ1n) is 16.2. The van der Waals surface area contributed by atoms with Crippen molar-refractivity contribution in [3.63, 3.8) is 0 Å². The molecule has 0 bridgehead atoms. The highest BCUT2D eigenvalue weighted by atomic mass is 16.5. The molecule has 0 saturated carbocycles. The number of aliphatic hydroxyl groups excluding tert-OH is 1. The Morgan fingerprint density at radius 2 is 1.49 bits per heavy atom. The van der Waals surface area contributed by atoms with Gasteiger partial charge in [0.05, 0.1) is 24.6 Å². The maximum atomic E-state index is 11.9. The minimum atomic E-state index is -0.774. The monoisotopic (exact) mass is 625 g/mol. The summed E-state index contributed by atoms with van der Waals surface area (Å²) in [5, 5.41) is 17.9. The quantitative estimate of drug-likeness (QED) is 0.174. The van der Waals surface area contributed by atoms with Crippen molar-refractivity contribution in [2.45, 2.75) is 87.3 Å². The van der Waals surface area contributed by atoms with Gasteiger partial charge in [-0.15, -0.1) is 0 Å². The van der Waals surface area contributed by atoms with E-state index in [1.807, 2.05) is 36.4 Å². The predicted octanol–water partition coefficient (Wildman–Crippen LogP) is 5.83. The number of ether oxygens (including phenoxy) is 1. The van der Waals surface area contributed by atoms with Crippen molar-refractivity contribution in [3.8, 4) is 5.75 Å². The van der Waals surface area contributed by atoms with Crippen molar-refractivity contribution in [1.29, 1.82) is 0 Å². The van der Waals surface area contributed by atoms with Gasteiger partial charge in [0.2, 0.25) is 11.8 Å². The Morgan fingerprint density at radius 3 is 2.02 bits per heavy atom. The topological polar surface area (TPSA) is 117 Å². The molecule has 4 N–H and O–H groups in total. The van der Waals surface area contributed by atoms with Gasteiger partial charge < -0.3 is 25.8 Å². The van der Waals surface area contributed by atoms with Crippen LogP contribution in [0.15, 0.2) is 60.7 Å². The number of amides is 2. The van der Waals surface area contributed by atoms with Crippen molar-refractivity contribution >= 4 is 23.7 Å². The van der Waals surface area contributed by atoms with Gasteiger partial charge in [-0.25, -0.2) is 0 Å². The van der Waals surface area contributed by atoms with Gasteiger partial charge in [0.15, 0.2) is 0 Å². The second-order valence-corrected chi connectivity index (χ2v) is 11.8. The van der Waals surface area contributed by atoms with Gasteiger partial charge in [-0.2, -0.15) is 0 Å². The molecule has 0 fully saturated rings. The molecule has 0 aliphatic carbocycles. The van der Waals surface area contributed by atoms with Crippen LogP contribution in [0, 0.1) is 17.8 Å². The summed E-state index contributed by atoms with van der Waals surface area (Å²) in [6, 6.07) is 17.9. The molecule has 0 spiro atoms. The molecule has 2 amide bonds. The molecule has 0 heterocycles. The van der Waals surface area contributed by atoms with Crippen LogP contribution >= 0.6 is 0 Å². The fourth-order valence-corrected chi connectivity index (χ4v) is 3.79. The third kappa shape index (κ3) is 20.2. The molecule has 0 radical (unpaired) electrons. The fraction of sp³-hybridized carbons (Fsp3) is 0.541. The van der Waals surface area contributed by atoms with E-state index in [1.54, 1.807) is 19.9 Å². The van der Waals surface area contributed by atoms with E-state index in [1.165, 1.54) is 12.5 Å². The highest BCUT2D eigenvalue weighted by Gasteiger charge is 2.20. The SMILES string of the molecule is CC(C)C.CCC(C)C(NCCOc1ccccc1/C=C/CNC(=O)CNC(=O)C(C)C(C)O)C(C)=O.CCc1ccccc1. The van der Waals surface area contributed by atoms with Crippen LogP contribution in [0.1, 0.15) is 79.9 Å². The number of para-hydroxylation sites is 1. The molecule has 45 heavy (non-hydrogen) atoms. The summed E-state index contributed by atoms with van der Waals surface area (Å²) in [5.74, 6) is 0.685. The number of carbonyl (C=O) groups is 3. The minimum absolute atomic E-state index is 0.131. The van der Waals surface area contributed by atoms with E-state index < -0.39 is 12.0 Å². The molecule has 252 valence electrons. The zero-order valence-electron chi connectivity index (χ0n) is 29.1. The van der Waals surface area contributed by atoms with E-state index in [0.29, 0.717) is 25.4 Å². The summed E-state index contributed by atoms with van der Waals surface area (Å²) in [7, 11) is 0. The summed E-state index contributed by atoms with van der Waals surface area (Å²) in [4.78, 5) is 35.5. The summed E-state index contributed by atoms with van der Waals surface area (Å²) >= 11 is 0. The lowest BCUT2D eigenvalue weighted by Crippen LogP contribution is -2.42. The van der Waals surface area contributed by atoms with Crippen LogP contribution in [0.25, 0.3) is 6.08 Å². The summed E-state index contributed by atoms with van der Waals surface area (Å²) in [6.07, 6.45) is 4.95. The van der Waals surface area contributed by atoms with Crippen molar-refractivity contribution in [2.24, 2.45) is 17.8 Å². The molecule has 8 heteroatoms. The summed E-state index contributed by atoms with van der Waals surface area (Å²) in [5.41, 5.74) is 2.28. The van der Waals surface area contributed by atoms with Crippen molar-refractivity contribution in [1.82, 2.24) is 16.0 Å². The number of nitrogens with one attached hydrogen (secondary N) is 3. The van der Waals surface area contributed by atoms with Crippen molar-refractivity contribution < 1.29 is 24.2 Å². The summed E-state index contributed by atoms with van der Waals surface area (Å²) in [6.45, 7) is 18.7. The standard InChI is InChI=1S/C25H39N3O5.C8H10.C4H10/c1-6-17(2)24(20(5)30)27-14-15-33-22-12-8-7-10-21(22)11-9-13-26-23(31)16-28-25(32)18(3)19(4)29;1-2-8-6-4-3-5-7-8;1-4(2)3/h7-12,17-19,24,27,29H,6,13-16H2,1-5H3,(H,26,31)(H,28,32);3-7H,2H2,1H3;4H,1-3H3/b11-9+;;. The van der Waals surface area contributed by atoms with Crippen LogP contribution in [-0.2, 0) is 20.8 Å². The summed E-state index contributed by atoms with van der Waals surface area (Å²) < 4.78 is 5.89. The van der Waals surface area contributed by atoms with Crippen LogP contribution in [0.4, 0.5) is 0 Å². The van der Waals surface area contributed by atoms with E-state index in [2.05, 4.69) is 81.8 Å². The fourth-order valence-electron chi connectivity index (χ4n) is 3.79. The first kappa shape index (κ1) is 41.5. The van der Waals surface area contributed by atoms with Crippen LogP contribution in [-0.4, -0.2) is 61.1 Å². The second kappa shape index (κ2) is 24.8. The average molecular weight is 626 g/mol. The first-order chi connectivity index (χ1) is 21.3. The maximum Gasteiger partial charge on any atom is 0.239 e. The lowest BCUT2D eigenvalue weighted by molar-refractivity contribution is -0.130. The number of Topliss-reactive ketones (excluding diaryl/α,β-unsaturated/α-hetero) is 1. The molecule has 2 rings (SSSR count). The van der Waals surface area contributed by atoms with Crippen LogP contribution in [0.2, 0.25) is 0 Å². The number of rotatable bonds is 16. The van der Waals surface area contributed by atoms with Gasteiger partial charge in [0.25, 0.3) is 0 Å². The zero-order valence-corrected chi connectivity index (χ0v) is 29.1. The van der Waals surface area contributed by atoms with Crippen LogP contribution < -0.4 is 20.7 Å². The first-order valence-corrected chi connectivity index (χ1v) is 16.2. The molecule has 8 nitrogen and oxygen atoms in total. The number of hydrogen-bond acceptors (Lipinski definition) is 6. The number of carbonyl (C=O) groups excluding carboxylic acids is 3. The molecule has 0 aliphatic rings. The molecule has 0 saturated heterocycles. The van der Waals surface area contributed by atoms with Gasteiger partial charge in [0, 0.05) is 18.7 Å². The third-order valence-electron chi connectivity index (χ3n) is 6.82. The Morgan fingerprint density at radius 1 is 0.889 bits per heavy atom. The van der Waals surface area contributed by atoms with Gasteiger partial charge in [-0.3, -0.25) is 14.4 Å². The highest BCUT2D eigenvalue weighted by Crippen LogP contribution is 2.19. The second-order valence-electron chi connectivity index (χ2n) is 11.8. The van der Waals surface area contributed by atoms with Crippen LogP contribution in [0.3, 0.4) is 0 Å². The van der Waals surface area contributed by atoms with Gasteiger partial charge in [-0.1, -0.05) is 116 Å². The van der Waals surface area contributed by atoms with Gasteiger partial charge >= 0.3 is 0 Å². The Bertz CT molecular complexity index is 1120. The van der Waals surface area contributed by atoms with Gasteiger partial charge in [-0.05, 0) is 43.7 Å². The van der Waals surface area contributed by atoms with Crippen molar-refractivity contribution in [2.75, 3.05) is 26.2 Å². The van der Waals surface area contributed by atoms with E-state index in [-0.39, 0.29) is 36.1 Å². The van der Waals surface area contributed by atoms with Crippen LogP contribution in [0.5, 0.6) is 5.75 Å². The molecule has 0 aliphatic heterocycles. The molecule has 0 aromatic heterocycles.